The first-order valence-electron chi connectivity index (χ1n) is 6.00. The van der Waals surface area contributed by atoms with Crippen LogP contribution in [0.2, 0.25) is 0 Å². The highest BCUT2D eigenvalue weighted by Gasteiger charge is 2.07. The Hall–Kier alpha value is -1.17. The molecule has 2 aromatic rings. The number of anilines is 1. The Morgan fingerprint density at radius 1 is 1.25 bits per heavy atom. The topological polar surface area (TPSA) is 37.0 Å². The molecule has 0 bridgehead atoms. The molecule has 0 aliphatic heterocycles. The molecule has 1 atom stereocenters. The zero-order chi connectivity index (χ0) is 14.4. The number of benzene rings is 1. The molecule has 3 nitrogen and oxygen atoms in total. The van der Waals surface area contributed by atoms with Crippen molar-refractivity contribution < 1.29 is 0 Å². The van der Waals surface area contributed by atoms with Gasteiger partial charge < -0.3 is 10.6 Å². The van der Waals surface area contributed by atoms with Crippen LogP contribution in [0.25, 0.3) is 0 Å². The van der Waals surface area contributed by atoms with E-state index in [0.29, 0.717) is 17.5 Å². The van der Waals surface area contributed by atoms with Crippen LogP contribution in [0.15, 0.2) is 53.1 Å². The average molecular weight is 371 g/mol. The van der Waals surface area contributed by atoms with Crippen LogP contribution in [0.4, 0.5) is 5.82 Å². The highest BCUT2D eigenvalue weighted by atomic mass is 79.9. The van der Waals surface area contributed by atoms with E-state index in [9.17, 15) is 0 Å². The third-order valence-corrected chi connectivity index (χ3v) is 3.69. The summed E-state index contributed by atoms with van der Waals surface area (Å²) < 4.78 is 0.923. The zero-order valence-corrected chi connectivity index (χ0v) is 13.7. The lowest BCUT2D eigenvalue weighted by molar-refractivity contribution is 0.845. The summed E-state index contributed by atoms with van der Waals surface area (Å²) in [5.41, 5.74) is 1.06. The largest absolute Gasteiger partial charge is 0.361 e. The molecule has 104 valence electrons. The van der Waals surface area contributed by atoms with Gasteiger partial charge in [-0.3, -0.25) is 0 Å². The Morgan fingerprint density at radius 3 is 2.65 bits per heavy atom. The van der Waals surface area contributed by atoms with E-state index >= 15 is 0 Å². The molecule has 0 saturated heterocycles. The highest BCUT2D eigenvalue weighted by Crippen LogP contribution is 2.18. The van der Waals surface area contributed by atoms with Crippen LogP contribution >= 0.6 is 39.7 Å². The molecule has 0 aliphatic rings. The molecule has 0 aliphatic carbocycles. The van der Waals surface area contributed by atoms with Gasteiger partial charge in [-0.1, -0.05) is 30.3 Å². The molecule has 2 rings (SSSR count). The van der Waals surface area contributed by atoms with E-state index in [0.717, 1.165) is 10.0 Å². The van der Waals surface area contributed by atoms with Crippen LogP contribution in [0.5, 0.6) is 0 Å². The van der Waals surface area contributed by atoms with Crippen LogP contribution in [0, 0.1) is 0 Å². The second kappa shape index (κ2) is 7.57. The maximum atomic E-state index is 6.30. The summed E-state index contributed by atoms with van der Waals surface area (Å²) in [4.78, 5) is 4.19. The summed E-state index contributed by atoms with van der Waals surface area (Å²) >= 11 is 14.8. The number of hydrogen-bond acceptors (Lipinski definition) is 2. The number of thiocarbonyl (C=S) groups is 1. The molecule has 1 aromatic carbocycles. The third kappa shape index (κ3) is 4.74. The van der Waals surface area contributed by atoms with Gasteiger partial charge in [0.25, 0.3) is 0 Å². The second-order valence-corrected chi connectivity index (χ2v) is 5.93. The molecular formula is C14H13BrClN3S. The predicted octanol–water partition coefficient (Wildman–Crippen LogP) is 4.11. The Bertz CT molecular complexity index is 562. The van der Waals surface area contributed by atoms with Crippen molar-refractivity contribution in [2.75, 3.05) is 11.9 Å². The van der Waals surface area contributed by atoms with Crippen molar-refractivity contribution in [2.45, 2.75) is 5.38 Å². The molecule has 0 fully saturated rings. The minimum Gasteiger partial charge on any atom is -0.361 e. The minimum atomic E-state index is -0.131. The SMILES string of the molecule is S=C(NCC(Cl)c1ccccc1)Nc1ccc(Br)cn1. The number of pyridine rings is 1. The van der Waals surface area contributed by atoms with Crippen molar-refractivity contribution >= 4 is 50.7 Å². The fraction of sp³-hybridized carbons (Fsp3) is 0.143. The maximum Gasteiger partial charge on any atom is 0.172 e. The molecule has 0 spiro atoms. The molecule has 0 radical (unpaired) electrons. The monoisotopic (exact) mass is 369 g/mol. The van der Waals surface area contributed by atoms with Crippen molar-refractivity contribution in [2.24, 2.45) is 0 Å². The molecule has 1 unspecified atom stereocenters. The first-order valence-corrected chi connectivity index (χ1v) is 7.64. The van der Waals surface area contributed by atoms with Crippen LogP contribution in [0.1, 0.15) is 10.9 Å². The predicted molar refractivity (Wildman–Crippen MR) is 91.2 cm³/mol. The molecule has 0 saturated carbocycles. The van der Waals surface area contributed by atoms with Gasteiger partial charge in [-0.2, -0.15) is 0 Å². The first-order chi connectivity index (χ1) is 9.65. The van der Waals surface area contributed by atoms with E-state index in [1.807, 2.05) is 42.5 Å². The molecule has 20 heavy (non-hydrogen) atoms. The lowest BCUT2D eigenvalue weighted by atomic mass is 10.1. The minimum absolute atomic E-state index is 0.131. The number of rotatable bonds is 4. The zero-order valence-electron chi connectivity index (χ0n) is 10.5. The number of alkyl halides is 1. The van der Waals surface area contributed by atoms with Crippen molar-refractivity contribution in [3.63, 3.8) is 0 Å². The van der Waals surface area contributed by atoms with Crippen LogP contribution in [0.3, 0.4) is 0 Å². The summed E-state index contributed by atoms with van der Waals surface area (Å²) in [6, 6.07) is 13.6. The normalized spacial score (nSPS) is 11.7. The molecule has 1 heterocycles. The fourth-order valence-corrected chi connectivity index (χ4v) is 2.22. The maximum absolute atomic E-state index is 6.30. The fourth-order valence-electron chi connectivity index (χ4n) is 1.57. The van der Waals surface area contributed by atoms with Gasteiger partial charge in [-0.15, -0.1) is 11.6 Å². The number of aromatic nitrogens is 1. The van der Waals surface area contributed by atoms with Crippen LogP contribution in [-0.4, -0.2) is 16.6 Å². The van der Waals surface area contributed by atoms with Gasteiger partial charge in [0.2, 0.25) is 0 Å². The standard InChI is InChI=1S/C14H13BrClN3S/c15-11-6-7-13(17-8-11)19-14(20)18-9-12(16)10-4-2-1-3-5-10/h1-8,12H,9H2,(H2,17,18,19,20). The van der Waals surface area contributed by atoms with E-state index < -0.39 is 0 Å². The van der Waals surface area contributed by atoms with E-state index in [1.54, 1.807) is 6.20 Å². The number of halogens is 2. The molecule has 0 amide bonds. The van der Waals surface area contributed by atoms with Crippen molar-refractivity contribution in [1.82, 2.24) is 10.3 Å². The van der Waals surface area contributed by atoms with Crippen molar-refractivity contribution in [1.29, 1.82) is 0 Å². The number of hydrogen-bond donors (Lipinski definition) is 2. The van der Waals surface area contributed by atoms with Crippen molar-refractivity contribution in [3.05, 3.63) is 58.7 Å². The number of nitrogens with one attached hydrogen (secondary N) is 2. The van der Waals surface area contributed by atoms with Gasteiger partial charge in [0.1, 0.15) is 5.82 Å². The Balaban J connectivity index is 1.82. The van der Waals surface area contributed by atoms with E-state index in [2.05, 4.69) is 31.5 Å². The van der Waals surface area contributed by atoms with E-state index in [-0.39, 0.29) is 5.38 Å². The second-order valence-electron chi connectivity index (χ2n) is 4.07. The van der Waals surface area contributed by atoms with Gasteiger partial charge >= 0.3 is 0 Å². The summed E-state index contributed by atoms with van der Waals surface area (Å²) in [5, 5.41) is 6.46. The smallest absolute Gasteiger partial charge is 0.172 e. The lowest BCUT2D eigenvalue weighted by Gasteiger charge is -2.13. The third-order valence-electron chi connectivity index (χ3n) is 2.57. The quantitative estimate of drug-likeness (QED) is 0.627. The molecular weight excluding hydrogens is 358 g/mol. The lowest BCUT2D eigenvalue weighted by Crippen LogP contribution is -2.31. The summed E-state index contributed by atoms with van der Waals surface area (Å²) in [6.07, 6.45) is 1.71. The Labute approximate surface area is 136 Å². The van der Waals surface area contributed by atoms with Gasteiger partial charge in [0.05, 0.1) is 5.38 Å². The summed E-state index contributed by atoms with van der Waals surface area (Å²) in [6.45, 7) is 0.550. The van der Waals surface area contributed by atoms with Gasteiger partial charge in [-0.25, -0.2) is 4.98 Å². The molecule has 6 heteroatoms. The highest BCUT2D eigenvalue weighted by molar-refractivity contribution is 9.10. The van der Waals surface area contributed by atoms with Crippen LogP contribution in [-0.2, 0) is 0 Å². The van der Waals surface area contributed by atoms with E-state index in [4.69, 9.17) is 23.8 Å². The molecule has 2 N–H and O–H groups in total. The Kier molecular flexibility index (Phi) is 5.76. The Morgan fingerprint density at radius 2 is 2.00 bits per heavy atom. The summed E-state index contributed by atoms with van der Waals surface area (Å²) in [7, 11) is 0. The van der Waals surface area contributed by atoms with Crippen molar-refractivity contribution in [3.8, 4) is 0 Å². The number of nitrogens with zero attached hydrogens (tertiary/aromatic N) is 1. The van der Waals surface area contributed by atoms with Crippen LogP contribution < -0.4 is 10.6 Å². The average Bonchev–Trinajstić information content (AvgIpc) is 2.48. The van der Waals surface area contributed by atoms with E-state index in [1.165, 1.54) is 0 Å². The van der Waals surface area contributed by atoms with Gasteiger partial charge in [-0.05, 0) is 45.8 Å². The molecule has 1 aromatic heterocycles. The van der Waals surface area contributed by atoms with Gasteiger partial charge in [0, 0.05) is 17.2 Å². The van der Waals surface area contributed by atoms with Gasteiger partial charge in [0.15, 0.2) is 5.11 Å². The summed E-state index contributed by atoms with van der Waals surface area (Å²) in [5.74, 6) is 0.691. The first kappa shape index (κ1) is 15.2.